The summed E-state index contributed by atoms with van der Waals surface area (Å²) in [4.78, 5) is 37.1. The van der Waals surface area contributed by atoms with Gasteiger partial charge in [0.15, 0.2) is 0 Å². The molecule has 0 aliphatic carbocycles. The molecule has 0 bridgehead atoms. The third kappa shape index (κ3) is 4.32. The molecule has 3 aromatic carbocycles. The minimum Gasteiger partial charge on any atom is -0.477 e. The molecule has 4 aromatic rings. The number of aryl methyl sites for hydroxylation is 1. The average Bonchev–Trinajstić information content (AvgIpc) is 2.82. The zero-order valence-corrected chi connectivity index (χ0v) is 17.4. The van der Waals surface area contributed by atoms with Crippen molar-refractivity contribution in [2.45, 2.75) is 25.4 Å². The number of aliphatic carboxylic acids is 1. The van der Waals surface area contributed by atoms with E-state index in [1.54, 1.807) is 24.3 Å². The van der Waals surface area contributed by atoms with Crippen LogP contribution >= 0.6 is 0 Å². The van der Waals surface area contributed by atoms with E-state index >= 15 is 0 Å². The molecule has 1 heterocycles. The number of carboxylic acids is 1. The van der Waals surface area contributed by atoms with Gasteiger partial charge < -0.3 is 5.11 Å². The highest BCUT2D eigenvalue weighted by molar-refractivity contribution is 5.78. The Morgan fingerprint density at radius 3 is 2.12 bits per heavy atom. The Bertz CT molecular complexity index is 1430. The first-order valence-electron chi connectivity index (χ1n) is 10.3. The van der Waals surface area contributed by atoms with E-state index in [0.717, 1.165) is 17.7 Å². The average molecular weight is 450 g/mol. The molecule has 1 N–H and O–H groups in total. The highest BCUT2D eigenvalue weighted by atomic mass is 19.3. The van der Waals surface area contributed by atoms with Crippen LogP contribution in [0, 0.1) is 0 Å². The number of carboxylic acid groups (broad SMARTS) is 1. The van der Waals surface area contributed by atoms with Gasteiger partial charge in [-0.25, -0.2) is 9.59 Å². The van der Waals surface area contributed by atoms with Crippen molar-refractivity contribution >= 4 is 16.9 Å². The van der Waals surface area contributed by atoms with Crippen LogP contribution in [0.2, 0.25) is 0 Å². The number of halogens is 2. The van der Waals surface area contributed by atoms with E-state index in [2.05, 4.69) is 0 Å². The highest BCUT2D eigenvalue weighted by Crippen LogP contribution is 2.28. The molecule has 8 heteroatoms. The van der Waals surface area contributed by atoms with Gasteiger partial charge in [-0.1, -0.05) is 66.7 Å². The lowest BCUT2D eigenvalue weighted by molar-refractivity contribution is -0.166. The van der Waals surface area contributed by atoms with Crippen LogP contribution in [0.25, 0.3) is 10.9 Å². The number of hydrogen-bond donors (Lipinski definition) is 1. The molecule has 0 fully saturated rings. The number of para-hydroxylation sites is 1. The van der Waals surface area contributed by atoms with Gasteiger partial charge in [-0.15, -0.1) is 0 Å². The van der Waals surface area contributed by atoms with Crippen molar-refractivity contribution in [1.29, 1.82) is 0 Å². The van der Waals surface area contributed by atoms with Crippen LogP contribution in [-0.4, -0.2) is 20.2 Å². The first kappa shape index (κ1) is 22.1. The molecular formula is C25H20F2N2O4. The van der Waals surface area contributed by atoms with E-state index in [1.165, 1.54) is 21.3 Å². The molecule has 0 radical (unpaired) electrons. The maximum Gasteiger partial charge on any atom is 0.379 e. The first-order valence-corrected chi connectivity index (χ1v) is 10.3. The van der Waals surface area contributed by atoms with E-state index in [9.17, 15) is 23.2 Å². The number of carbonyl (C=O) groups is 1. The Balaban J connectivity index is 1.73. The Hall–Kier alpha value is -4.07. The van der Waals surface area contributed by atoms with E-state index < -0.39 is 23.1 Å². The van der Waals surface area contributed by atoms with E-state index in [1.807, 2.05) is 30.3 Å². The number of aromatic nitrogens is 2. The molecule has 0 amide bonds. The van der Waals surface area contributed by atoms with Gasteiger partial charge in [-0.3, -0.25) is 13.9 Å². The van der Waals surface area contributed by atoms with Crippen LogP contribution in [0.3, 0.4) is 0 Å². The fourth-order valence-electron chi connectivity index (χ4n) is 3.73. The predicted molar refractivity (Wildman–Crippen MR) is 120 cm³/mol. The second-order valence-corrected chi connectivity index (χ2v) is 7.65. The zero-order valence-electron chi connectivity index (χ0n) is 17.4. The molecule has 0 atom stereocenters. The molecule has 0 aliphatic heterocycles. The summed E-state index contributed by atoms with van der Waals surface area (Å²) >= 11 is 0. The van der Waals surface area contributed by atoms with Gasteiger partial charge in [-0.05, 0) is 29.7 Å². The second kappa shape index (κ2) is 8.82. The largest absolute Gasteiger partial charge is 0.477 e. The smallest absolute Gasteiger partial charge is 0.379 e. The number of hydrogen-bond acceptors (Lipinski definition) is 3. The summed E-state index contributed by atoms with van der Waals surface area (Å²) in [6.45, 7) is 0.222. The van der Waals surface area contributed by atoms with Gasteiger partial charge in [0.1, 0.15) is 0 Å². The molecule has 6 nitrogen and oxygen atoms in total. The van der Waals surface area contributed by atoms with Crippen molar-refractivity contribution in [2.24, 2.45) is 0 Å². The maximum absolute atomic E-state index is 13.7. The molecule has 168 valence electrons. The second-order valence-electron chi connectivity index (χ2n) is 7.65. The molecule has 0 saturated carbocycles. The minimum absolute atomic E-state index is 0.0316. The molecule has 0 saturated heterocycles. The van der Waals surface area contributed by atoms with Gasteiger partial charge in [0.05, 0.1) is 17.4 Å². The number of rotatable bonds is 7. The maximum atomic E-state index is 13.7. The third-order valence-electron chi connectivity index (χ3n) is 5.52. The lowest BCUT2D eigenvalue weighted by Gasteiger charge is -2.15. The topological polar surface area (TPSA) is 81.3 Å². The lowest BCUT2D eigenvalue weighted by Crippen LogP contribution is -2.40. The summed E-state index contributed by atoms with van der Waals surface area (Å²) in [6.07, 6.45) is 0.493. The van der Waals surface area contributed by atoms with Crippen molar-refractivity contribution in [1.82, 2.24) is 9.13 Å². The predicted octanol–water partition coefficient (Wildman–Crippen LogP) is 3.63. The zero-order chi connectivity index (χ0) is 23.6. The van der Waals surface area contributed by atoms with Gasteiger partial charge in [-0.2, -0.15) is 8.78 Å². The van der Waals surface area contributed by atoms with E-state index in [4.69, 9.17) is 5.11 Å². The fraction of sp³-hybridized carbons (Fsp3) is 0.160. The summed E-state index contributed by atoms with van der Waals surface area (Å²) in [6, 6.07) is 21.0. The molecule has 0 aliphatic rings. The van der Waals surface area contributed by atoms with Crippen molar-refractivity contribution in [3.05, 3.63) is 116 Å². The lowest BCUT2D eigenvalue weighted by atomic mass is 10.1. The molecule has 1 aromatic heterocycles. The summed E-state index contributed by atoms with van der Waals surface area (Å²) < 4.78 is 30.1. The van der Waals surface area contributed by atoms with Crippen molar-refractivity contribution in [2.75, 3.05) is 0 Å². The number of alkyl halides is 2. The first-order chi connectivity index (χ1) is 15.8. The van der Waals surface area contributed by atoms with Gasteiger partial charge >= 0.3 is 17.6 Å². The summed E-state index contributed by atoms with van der Waals surface area (Å²) in [5, 5.41) is 9.09. The van der Waals surface area contributed by atoms with Crippen LogP contribution in [0.15, 0.2) is 88.5 Å². The number of fused-ring (bicyclic) bond motifs is 1. The molecule has 33 heavy (non-hydrogen) atoms. The quantitative estimate of drug-likeness (QED) is 0.466. The van der Waals surface area contributed by atoms with Gasteiger partial charge in [0.2, 0.25) is 0 Å². The highest BCUT2D eigenvalue weighted by Gasteiger charge is 2.40. The molecule has 0 unspecified atom stereocenters. The monoisotopic (exact) mass is 450 g/mol. The van der Waals surface area contributed by atoms with Crippen LogP contribution in [0.1, 0.15) is 16.7 Å². The van der Waals surface area contributed by atoms with E-state index in [0.29, 0.717) is 22.9 Å². The minimum atomic E-state index is -4.01. The SMILES string of the molecule is O=C(O)C(F)(F)c1ccc(Cn2c(=O)n(CCc3ccccc3)c(=O)c3ccccc32)cc1. The molecular weight excluding hydrogens is 430 g/mol. The van der Waals surface area contributed by atoms with Gasteiger partial charge in [0, 0.05) is 12.1 Å². The van der Waals surface area contributed by atoms with Gasteiger partial charge in [0.25, 0.3) is 5.56 Å². The number of benzene rings is 3. The van der Waals surface area contributed by atoms with Crippen molar-refractivity contribution in [3.63, 3.8) is 0 Å². The van der Waals surface area contributed by atoms with Crippen LogP contribution in [-0.2, 0) is 30.2 Å². The normalized spacial score (nSPS) is 11.6. The summed E-state index contributed by atoms with van der Waals surface area (Å²) in [5.41, 5.74) is 0.389. The van der Waals surface area contributed by atoms with Crippen LogP contribution in [0.4, 0.5) is 8.78 Å². The standard InChI is InChI=1S/C25H20F2N2O4/c26-25(27,23(31)32)19-12-10-18(11-13-19)16-29-21-9-5-4-8-20(21)22(30)28(24(29)33)15-14-17-6-2-1-3-7-17/h1-13H,14-16H2,(H,31,32). The Labute approximate surface area is 187 Å². The van der Waals surface area contributed by atoms with E-state index in [-0.39, 0.29) is 18.6 Å². The molecule has 4 rings (SSSR count). The van der Waals surface area contributed by atoms with Crippen molar-refractivity contribution in [3.8, 4) is 0 Å². The third-order valence-corrected chi connectivity index (χ3v) is 5.52. The Kier molecular flexibility index (Phi) is 5.91. The van der Waals surface area contributed by atoms with Crippen molar-refractivity contribution < 1.29 is 18.7 Å². The van der Waals surface area contributed by atoms with Crippen LogP contribution in [0.5, 0.6) is 0 Å². The Morgan fingerprint density at radius 1 is 0.818 bits per heavy atom. The Morgan fingerprint density at radius 2 is 1.45 bits per heavy atom. The summed E-state index contributed by atoms with van der Waals surface area (Å²) in [7, 11) is 0. The summed E-state index contributed by atoms with van der Waals surface area (Å²) in [5.74, 6) is -6.24. The fourth-order valence-corrected chi connectivity index (χ4v) is 3.73. The molecule has 0 spiro atoms. The van der Waals surface area contributed by atoms with Crippen LogP contribution < -0.4 is 11.2 Å². The number of nitrogens with zero attached hydrogens (tertiary/aromatic N) is 2.